The summed E-state index contributed by atoms with van der Waals surface area (Å²) in [5, 5.41) is 9.13. The van der Waals surface area contributed by atoms with E-state index < -0.39 is 11.9 Å². The first kappa shape index (κ1) is 19.9. The number of aliphatic imine (C=N–C) groups is 1. The monoisotopic (exact) mass is 359 g/mol. The van der Waals surface area contributed by atoms with Crippen molar-refractivity contribution >= 4 is 12.2 Å². The highest BCUT2D eigenvalue weighted by atomic mass is 16.5. The number of nitriles is 1. The number of hydrogen-bond acceptors (Lipinski definition) is 7. The van der Waals surface area contributed by atoms with Crippen LogP contribution < -0.4 is 4.74 Å². The van der Waals surface area contributed by atoms with Gasteiger partial charge in [-0.3, -0.25) is 14.7 Å². The molecule has 0 aromatic heterocycles. The normalized spacial score (nSPS) is 17.4. The van der Waals surface area contributed by atoms with Gasteiger partial charge in [0.2, 0.25) is 0 Å². The summed E-state index contributed by atoms with van der Waals surface area (Å²) in [5.41, 5.74) is 1.11. The molecule has 0 saturated carbocycles. The average molecular weight is 359 g/mol. The Morgan fingerprint density at radius 3 is 2.65 bits per heavy atom. The van der Waals surface area contributed by atoms with E-state index in [1.54, 1.807) is 14.0 Å². The highest BCUT2D eigenvalue weighted by Crippen LogP contribution is 2.24. The van der Waals surface area contributed by atoms with Crippen LogP contribution in [0, 0.1) is 17.2 Å². The molecule has 1 aliphatic rings. The molecule has 1 aliphatic heterocycles. The molecular formula is C19H25N3O4. The van der Waals surface area contributed by atoms with Crippen LogP contribution in [0.5, 0.6) is 5.75 Å². The fourth-order valence-electron chi connectivity index (χ4n) is 2.79. The largest absolute Gasteiger partial charge is 0.497 e. The highest BCUT2D eigenvalue weighted by molar-refractivity contribution is 5.92. The number of esters is 1. The Kier molecular flexibility index (Phi) is 8.06. The van der Waals surface area contributed by atoms with Crippen molar-refractivity contribution < 1.29 is 19.0 Å². The van der Waals surface area contributed by atoms with Gasteiger partial charge in [0.25, 0.3) is 0 Å². The Labute approximate surface area is 154 Å². The van der Waals surface area contributed by atoms with Crippen LogP contribution in [-0.4, -0.2) is 63.6 Å². The molecule has 1 fully saturated rings. The van der Waals surface area contributed by atoms with Gasteiger partial charge in [-0.15, -0.1) is 0 Å². The van der Waals surface area contributed by atoms with Crippen LogP contribution in [0.15, 0.2) is 29.3 Å². The number of ether oxygens (including phenoxy) is 3. The van der Waals surface area contributed by atoms with Gasteiger partial charge in [0.15, 0.2) is 5.92 Å². The molecule has 1 saturated heterocycles. The fraction of sp³-hybridized carbons (Fsp3) is 0.526. The maximum atomic E-state index is 11.7. The zero-order chi connectivity index (χ0) is 18.8. The molecule has 0 N–H and O–H groups in total. The lowest BCUT2D eigenvalue weighted by Crippen LogP contribution is -2.40. The minimum absolute atomic E-state index is 0.0441. The van der Waals surface area contributed by atoms with Gasteiger partial charge in [0, 0.05) is 19.3 Å². The summed E-state index contributed by atoms with van der Waals surface area (Å²) in [4.78, 5) is 18.4. The van der Waals surface area contributed by atoms with E-state index in [4.69, 9.17) is 19.5 Å². The second-order valence-electron chi connectivity index (χ2n) is 5.81. The minimum atomic E-state index is -0.976. The molecule has 26 heavy (non-hydrogen) atoms. The Morgan fingerprint density at radius 2 is 2.08 bits per heavy atom. The molecule has 0 bridgehead atoms. The Bertz CT molecular complexity index is 633. The number of morpholine rings is 1. The van der Waals surface area contributed by atoms with Crippen molar-refractivity contribution in [3.05, 3.63) is 29.8 Å². The van der Waals surface area contributed by atoms with Crippen molar-refractivity contribution in [1.29, 1.82) is 5.26 Å². The summed E-state index contributed by atoms with van der Waals surface area (Å²) < 4.78 is 15.5. The van der Waals surface area contributed by atoms with Gasteiger partial charge in [0.05, 0.1) is 45.6 Å². The summed E-state index contributed by atoms with van der Waals surface area (Å²) in [7, 11) is 1.64. The van der Waals surface area contributed by atoms with E-state index in [1.807, 2.05) is 30.3 Å². The van der Waals surface area contributed by atoms with Gasteiger partial charge in [-0.05, 0) is 24.6 Å². The van der Waals surface area contributed by atoms with E-state index >= 15 is 0 Å². The maximum Gasteiger partial charge on any atom is 0.328 e. The minimum Gasteiger partial charge on any atom is -0.497 e. The Balaban J connectivity index is 2.11. The van der Waals surface area contributed by atoms with Crippen LogP contribution in [0.25, 0.3) is 0 Å². The molecule has 140 valence electrons. The quantitative estimate of drug-likeness (QED) is 0.520. The zero-order valence-electron chi connectivity index (χ0n) is 15.3. The van der Waals surface area contributed by atoms with Crippen LogP contribution in [0.1, 0.15) is 18.5 Å². The molecule has 0 radical (unpaired) electrons. The molecule has 0 unspecified atom stereocenters. The smallest absolute Gasteiger partial charge is 0.328 e. The summed E-state index contributed by atoms with van der Waals surface area (Å²) in [6.45, 7) is 5.39. The Hall–Kier alpha value is -2.43. The van der Waals surface area contributed by atoms with E-state index in [0.717, 1.165) is 24.4 Å². The second-order valence-corrected chi connectivity index (χ2v) is 5.81. The molecule has 0 amide bonds. The number of carbonyl (C=O) groups excluding carboxylic acids is 1. The topological polar surface area (TPSA) is 84.2 Å². The SMILES string of the molecule is CCOC(=O)[C@@H](C#N)C=NC[C@H](c1ccc(OC)cc1)N1CCOCC1. The third-order valence-electron chi connectivity index (χ3n) is 4.20. The molecule has 7 heteroatoms. The zero-order valence-corrected chi connectivity index (χ0v) is 15.3. The predicted octanol–water partition coefficient (Wildman–Crippen LogP) is 1.84. The first-order chi connectivity index (χ1) is 12.7. The van der Waals surface area contributed by atoms with Crippen molar-refractivity contribution in [1.82, 2.24) is 4.90 Å². The van der Waals surface area contributed by atoms with E-state index in [2.05, 4.69) is 9.89 Å². The first-order valence-corrected chi connectivity index (χ1v) is 8.71. The van der Waals surface area contributed by atoms with E-state index in [-0.39, 0.29) is 12.6 Å². The second kappa shape index (κ2) is 10.5. The number of benzene rings is 1. The number of carbonyl (C=O) groups is 1. The lowest BCUT2D eigenvalue weighted by atomic mass is 10.0. The fourth-order valence-corrected chi connectivity index (χ4v) is 2.79. The van der Waals surface area contributed by atoms with Gasteiger partial charge in [-0.2, -0.15) is 5.26 Å². The van der Waals surface area contributed by atoms with Crippen LogP contribution >= 0.6 is 0 Å². The third-order valence-corrected chi connectivity index (χ3v) is 4.20. The van der Waals surface area contributed by atoms with Crippen molar-refractivity contribution in [2.24, 2.45) is 10.9 Å². The van der Waals surface area contributed by atoms with Gasteiger partial charge >= 0.3 is 5.97 Å². The van der Waals surface area contributed by atoms with Crippen LogP contribution in [-0.2, 0) is 14.3 Å². The third kappa shape index (κ3) is 5.55. The van der Waals surface area contributed by atoms with Gasteiger partial charge < -0.3 is 14.2 Å². The van der Waals surface area contributed by atoms with Crippen molar-refractivity contribution in [3.8, 4) is 11.8 Å². The molecule has 1 aromatic carbocycles. The molecule has 1 aromatic rings. The van der Waals surface area contributed by atoms with Crippen LogP contribution in [0.4, 0.5) is 0 Å². The molecule has 2 rings (SSSR count). The number of methoxy groups -OCH3 is 1. The lowest BCUT2D eigenvalue weighted by Gasteiger charge is -2.34. The highest BCUT2D eigenvalue weighted by Gasteiger charge is 2.23. The first-order valence-electron chi connectivity index (χ1n) is 8.71. The van der Waals surface area contributed by atoms with Gasteiger partial charge in [0.1, 0.15) is 5.75 Å². The lowest BCUT2D eigenvalue weighted by molar-refractivity contribution is -0.143. The van der Waals surface area contributed by atoms with Crippen molar-refractivity contribution in [2.45, 2.75) is 13.0 Å². The average Bonchev–Trinajstić information content (AvgIpc) is 2.69. The maximum absolute atomic E-state index is 11.7. The summed E-state index contributed by atoms with van der Waals surface area (Å²) in [6.07, 6.45) is 1.38. The molecule has 0 aliphatic carbocycles. The Morgan fingerprint density at radius 1 is 1.38 bits per heavy atom. The van der Waals surface area contributed by atoms with E-state index in [1.165, 1.54) is 6.21 Å². The van der Waals surface area contributed by atoms with Crippen LogP contribution in [0.3, 0.4) is 0 Å². The summed E-state index contributed by atoms with van der Waals surface area (Å²) in [6, 6.07) is 9.84. The summed E-state index contributed by atoms with van der Waals surface area (Å²) in [5.74, 6) is -0.743. The molecule has 7 nitrogen and oxygen atoms in total. The van der Waals surface area contributed by atoms with Crippen molar-refractivity contribution in [2.75, 3.05) is 46.6 Å². The molecular weight excluding hydrogens is 334 g/mol. The van der Waals surface area contributed by atoms with E-state index in [9.17, 15) is 4.79 Å². The van der Waals surface area contributed by atoms with Gasteiger partial charge in [-0.25, -0.2) is 0 Å². The standard InChI is InChI=1S/C19H25N3O4/c1-3-26-19(23)16(12-20)13-21-14-18(22-8-10-25-11-9-22)15-4-6-17(24-2)7-5-15/h4-7,13,16,18H,3,8-11,14H2,1-2H3/t16-,18+/m0/s1. The van der Waals surface area contributed by atoms with Gasteiger partial charge in [-0.1, -0.05) is 12.1 Å². The predicted molar refractivity (Wildman–Crippen MR) is 97.2 cm³/mol. The molecule has 1 heterocycles. The molecule has 0 spiro atoms. The number of nitrogens with zero attached hydrogens (tertiary/aromatic N) is 3. The van der Waals surface area contributed by atoms with Crippen molar-refractivity contribution in [3.63, 3.8) is 0 Å². The number of hydrogen-bond donors (Lipinski definition) is 0. The molecule has 2 atom stereocenters. The van der Waals surface area contributed by atoms with E-state index in [0.29, 0.717) is 19.8 Å². The summed E-state index contributed by atoms with van der Waals surface area (Å²) >= 11 is 0. The van der Waals surface area contributed by atoms with Crippen LogP contribution in [0.2, 0.25) is 0 Å². The number of rotatable bonds is 8.